The molecule has 0 spiro atoms. The Labute approximate surface area is 120 Å². The first-order chi connectivity index (χ1) is 9.65. The van der Waals surface area contributed by atoms with Crippen LogP contribution in [0.15, 0.2) is 24.3 Å². The van der Waals surface area contributed by atoms with Gasteiger partial charge in [-0.05, 0) is 43.5 Å². The van der Waals surface area contributed by atoms with Crippen molar-refractivity contribution in [3.8, 4) is 5.75 Å². The monoisotopic (exact) mass is 276 g/mol. The van der Waals surface area contributed by atoms with Gasteiger partial charge in [-0.2, -0.15) is 0 Å². The summed E-state index contributed by atoms with van der Waals surface area (Å²) in [5.41, 5.74) is 0.859. The molecule has 20 heavy (non-hydrogen) atoms. The van der Waals surface area contributed by atoms with Crippen LogP contribution in [0.25, 0.3) is 0 Å². The molecule has 1 fully saturated rings. The van der Waals surface area contributed by atoms with E-state index < -0.39 is 0 Å². The molecule has 1 aliphatic rings. The van der Waals surface area contributed by atoms with Crippen molar-refractivity contribution in [3.63, 3.8) is 0 Å². The summed E-state index contributed by atoms with van der Waals surface area (Å²) in [5, 5.41) is 12.9. The topological polar surface area (TPSA) is 52.6 Å². The lowest BCUT2D eigenvalue weighted by molar-refractivity contribution is -0.129. The van der Waals surface area contributed by atoms with Crippen LogP contribution in [0.3, 0.4) is 0 Å². The molecule has 110 valence electrons. The molecule has 0 saturated carbocycles. The zero-order chi connectivity index (χ0) is 14.4. The quantitative estimate of drug-likeness (QED) is 0.864. The van der Waals surface area contributed by atoms with Crippen LogP contribution in [-0.4, -0.2) is 42.1 Å². The predicted octanol–water partition coefficient (Wildman–Crippen LogP) is 1.93. The minimum absolute atomic E-state index is 0.103. The molecule has 2 N–H and O–H groups in total. The van der Waals surface area contributed by atoms with Crippen LogP contribution >= 0.6 is 0 Å². The van der Waals surface area contributed by atoms with Gasteiger partial charge in [0.1, 0.15) is 5.75 Å². The van der Waals surface area contributed by atoms with E-state index in [1.807, 2.05) is 13.1 Å². The summed E-state index contributed by atoms with van der Waals surface area (Å²) in [5.74, 6) is 0.316. The molecule has 1 amide bonds. The van der Waals surface area contributed by atoms with Crippen molar-refractivity contribution < 1.29 is 9.90 Å². The number of aromatic hydroxyl groups is 1. The van der Waals surface area contributed by atoms with Gasteiger partial charge in [0.15, 0.2) is 0 Å². The number of hydrogen-bond donors (Lipinski definition) is 2. The van der Waals surface area contributed by atoms with Gasteiger partial charge in [0, 0.05) is 19.6 Å². The molecule has 1 aromatic carbocycles. The summed E-state index contributed by atoms with van der Waals surface area (Å²) in [6.45, 7) is 1.89. The predicted molar refractivity (Wildman–Crippen MR) is 79.7 cm³/mol. The number of benzene rings is 1. The molecule has 1 atom stereocenters. The summed E-state index contributed by atoms with van der Waals surface area (Å²) in [7, 11) is 1.86. The first-order valence-corrected chi connectivity index (χ1v) is 7.40. The van der Waals surface area contributed by atoms with Crippen LogP contribution in [0.4, 0.5) is 0 Å². The van der Waals surface area contributed by atoms with Gasteiger partial charge in [-0.3, -0.25) is 4.79 Å². The molecule has 1 aromatic rings. The third-order valence-corrected chi connectivity index (χ3v) is 3.92. The van der Waals surface area contributed by atoms with E-state index in [2.05, 4.69) is 5.32 Å². The normalized spacial score (nSPS) is 18.8. The number of phenolic OH excluding ortho intramolecular Hbond substituents is 1. The van der Waals surface area contributed by atoms with Gasteiger partial charge in [0.2, 0.25) is 5.91 Å². The molecule has 1 saturated heterocycles. The van der Waals surface area contributed by atoms with Crippen LogP contribution in [0.1, 0.15) is 31.2 Å². The molecule has 4 heteroatoms. The third kappa shape index (κ3) is 4.53. The number of nitrogens with zero attached hydrogens (tertiary/aromatic N) is 1. The van der Waals surface area contributed by atoms with E-state index in [-0.39, 0.29) is 11.7 Å². The van der Waals surface area contributed by atoms with Gasteiger partial charge in [0.25, 0.3) is 0 Å². The average molecular weight is 276 g/mol. The molecule has 0 bridgehead atoms. The van der Waals surface area contributed by atoms with E-state index in [4.69, 9.17) is 0 Å². The summed E-state index contributed by atoms with van der Waals surface area (Å²) in [4.78, 5) is 13.9. The first kappa shape index (κ1) is 14.9. The van der Waals surface area contributed by atoms with Crippen molar-refractivity contribution in [1.29, 1.82) is 0 Å². The van der Waals surface area contributed by atoms with Crippen LogP contribution in [-0.2, 0) is 11.2 Å². The largest absolute Gasteiger partial charge is 0.508 e. The van der Waals surface area contributed by atoms with Gasteiger partial charge in [-0.1, -0.05) is 18.6 Å². The molecule has 2 rings (SSSR count). The minimum atomic E-state index is 0.103. The van der Waals surface area contributed by atoms with Gasteiger partial charge in [-0.15, -0.1) is 0 Å². The van der Waals surface area contributed by atoms with Crippen molar-refractivity contribution in [2.45, 2.75) is 38.1 Å². The highest BCUT2D eigenvalue weighted by Gasteiger charge is 2.15. The zero-order valence-electron chi connectivity index (χ0n) is 12.1. The van der Waals surface area contributed by atoms with E-state index in [9.17, 15) is 9.90 Å². The number of hydrogen-bond acceptors (Lipinski definition) is 3. The Hall–Kier alpha value is -1.55. The molecule has 0 aliphatic carbocycles. The molecule has 4 nitrogen and oxygen atoms in total. The van der Waals surface area contributed by atoms with Crippen molar-refractivity contribution in [2.24, 2.45) is 0 Å². The summed E-state index contributed by atoms with van der Waals surface area (Å²) in [6.07, 6.45) is 5.14. The second-order valence-corrected chi connectivity index (χ2v) is 5.60. The molecular weight excluding hydrogens is 252 g/mol. The molecule has 1 aliphatic heterocycles. The van der Waals surface area contributed by atoms with Gasteiger partial charge in [-0.25, -0.2) is 0 Å². The molecule has 1 heterocycles. The van der Waals surface area contributed by atoms with E-state index in [1.165, 1.54) is 19.3 Å². The van der Waals surface area contributed by atoms with E-state index in [0.717, 1.165) is 25.1 Å². The Balaban J connectivity index is 1.76. The van der Waals surface area contributed by atoms with Crippen LogP contribution in [0, 0.1) is 0 Å². The summed E-state index contributed by atoms with van der Waals surface area (Å²) < 4.78 is 0. The number of carbonyl (C=O) groups excluding carboxylic acids is 1. The maximum absolute atomic E-state index is 12.1. The lowest BCUT2D eigenvalue weighted by Gasteiger charge is -2.26. The van der Waals surface area contributed by atoms with Crippen molar-refractivity contribution in [2.75, 3.05) is 20.1 Å². The maximum Gasteiger partial charge on any atom is 0.226 e. The van der Waals surface area contributed by atoms with Crippen LogP contribution in [0.5, 0.6) is 5.75 Å². The Morgan fingerprint density at radius 1 is 1.45 bits per heavy atom. The number of likely N-dealkylation sites (N-methyl/N-ethyl adjacent to an activating group) is 1. The Bertz CT molecular complexity index is 442. The standard InChI is InChI=1S/C16H24N2O2/c1-18(10-8-14-6-2-3-9-17-14)16(20)12-13-5-4-7-15(19)11-13/h4-5,7,11,14,17,19H,2-3,6,8-10,12H2,1H3. The highest BCUT2D eigenvalue weighted by atomic mass is 16.3. The van der Waals surface area contributed by atoms with Crippen molar-refractivity contribution >= 4 is 5.91 Å². The first-order valence-electron chi connectivity index (χ1n) is 7.40. The molecule has 1 unspecified atom stereocenters. The Morgan fingerprint density at radius 2 is 2.30 bits per heavy atom. The highest BCUT2D eigenvalue weighted by molar-refractivity contribution is 5.78. The van der Waals surface area contributed by atoms with E-state index in [1.54, 1.807) is 23.1 Å². The Kier molecular flexibility index (Phi) is 5.41. The second-order valence-electron chi connectivity index (χ2n) is 5.60. The number of phenols is 1. The number of nitrogens with one attached hydrogen (secondary N) is 1. The van der Waals surface area contributed by atoms with Crippen LogP contribution < -0.4 is 5.32 Å². The maximum atomic E-state index is 12.1. The second kappa shape index (κ2) is 7.29. The van der Waals surface area contributed by atoms with Gasteiger partial charge in [0.05, 0.1) is 6.42 Å². The van der Waals surface area contributed by atoms with Gasteiger partial charge < -0.3 is 15.3 Å². The molecular formula is C16H24N2O2. The van der Waals surface area contributed by atoms with E-state index in [0.29, 0.717) is 12.5 Å². The van der Waals surface area contributed by atoms with Gasteiger partial charge >= 0.3 is 0 Å². The fraction of sp³-hybridized carbons (Fsp3) is 0.562. The highest BCUT2D eigenvalue weighted by Crippen LogP contribution is 2.13. The third-order valence-electron chi connectivity index (χ3n) is 3.92. The smallest absolute Gasteiger partial charge is 0.226 e. The van der Waals surface area contributed by atoms with Crippen molar-refractivity contribution in [3.05, 3.63) is 29.8 Å². The SMILES string of the molecule is CN(CCC1CCCCN1)C(=O)Cc1cccc(O)c1. The Morgan fingerprint density at radius 3 is 3.00 bits per heavy atom. The number of amides is 1. The lowest BCUT2D eigenvalue weighted by atomic mass is 10.0. The number of piperidine rings is 1. The van der Waals surface area contributed by atoms with E-state index >= 15 is 0 Å². The number of rotatable bonds is 5. The fourth-order valence-corrected chi connectivity index (χ4v) is 2.62. The molecule has 0 aromatic heterocycles. The molecule has 0 radical (unpaired) electrons. The van der Waals surface area contributed by atoms with Crippen LogP contribution in [0.2, 0.25) is 0 Å². The lowest BCUT2D eigenvalue weighted by Crippen LogP contribution is -2.38. The summed E-state index contributed by atoms with van der Waals surface area (Å²) >= 11 is 0. The average Bonchev–Trinajstić information content (AvgIpc) is 2.46. The zero-order valence-corrected chi connectivity index (χ0v) is 12.1. The fourth-order valence-electron chi connectivity index (χ4n) is 2.62. The number of carbonyl (C=O) groups is 1. The van der Waals surface area contributed by atoms with Crippen molar-refractivity contribution in [1.82, 2.24) is 10.2 Å². The minimum Gasteiger partial charge on any atom is -0.508 e. The summed E-state index contributed by atoms with van der Waals surface area (Å²) in [6, 6.07) is 7.46.